The molecule has 2 rings (SSSR count). The average Bonchev–Trinajstić information content (AvgIpc) is 2.69. The van der Waals surface area contributed by atoms with Crippen molar-refractivity contribution in [3.8, 4) is 0 Å². The summed E-state index contributed by atoms with van der Waals surface area (Å²) in [5, 5.41) is 5.57. The molecule has 1 atom stereocenters. The second-order valence-electron chi connectivity index (χ2n) is 9.09. The standard InChI is InChI=1S/C26H40N2O2/c1-8-30-25(29)27-18-26(19(2)3,16-17-28(20(4)5)21(6)7)24-15-11-13-22-12-9-10-14-23(22)24/h9-15,19-21H,8,16-18H2,1-7H3,(H,27,29). The van der Waals surface area contributed by atoms with E-state index in [1.54, 1.807) is 0 Å². The molecule has 0 spiro atoms. The molecule has 0 aliphatic rings. The fraction of sp³-hybridized carbons (Fsp3) is 0.577. The van der Waals surface area contributed by atoms with Gasteiger partial charge in [0.05, 0.1) is 6.61 Å². The maximum Gasteiger partial charge on any atom is 0.407 e. The molecule has 1 amide bonds. The van der Waals surface area contributed by atoms with Gasteiger partial charge in [-0.15, -0.1) is 0 Å². The molecule has 0 aliphatic carbocycles. The van der Waals surface area contributed by atoms with E-state index >= 15 is 0 Å². The number of hydrogen-bond acceptors (Lipinski definition) is 3. The van der Waals surface area contributed by atoms with Crippen molar-refractivity contribution < 1.29 is 9.53 Å². The highest BCUT2D eigenvalue weighted by atomic mass is 16.5. The number of fused-ring (bicyclic) bond motifs is 1. The molecule has 2 aromatic carbocycles. The van der Waals surface area contributed by atoms with E-state index in [0.717, 1.165) is 13.0 Å². The van der Waals surface area contributed by atoms with Gasteiger partial charge in [0, 0.05) is 24.0 Å². The Kier molecular flexibility index (Phi) is 8.72. The Labute approximate surface area is 183 Å². The second-order valence-corrected chi connectivity index (χ2v) is 9.09. The zero-order valence-corrected chi connectivity index (χ0v) is 19.9. The molecule has 0 fully saturated rings. The molecular weight excluding hydrogens is 372 g/mol. The second kappa shape index (κ2) is 10.8. The lowest BCUT2D eigenvalue weighted by atomic mass is 9.67. The zero-order chi connectivity index (χ0) is 22.3. The smallest absolute Gasteiger partial charge is 0.407 e. The Morgan fingerprint density at radius 2 is 1.63 bits per heavy atom. The molecule has 0 aliphatic heterocycles. The van der Waals surface area contributed by atoms with Crippen LogP contribution in [0.5, 0.6) is 0 Å². The number of nitrogens with zero attached hydrogens (tertiary/aromatic N) is 1. The Morgan fingerprint density at radius 3 is 2.23 bits per heavy atom. The van der Waals surface area contributed by atoms with Crippen LogP contribution in [0.2, 0.25) is 0 Å². The van der Waals surface area contributed by atoms with E-state index in [0.29, 0.717) is 31.2 Å². The monoisotopic (exact) mass is 412 g/mol. The van der Waals surface area contributed by atoms with Crippen LogP contribution in [0, 0.1) is 5.92 Å². The highest BCUT2D eigenvalue weighted by molar-refractivity contribution is 5.86. The van der Waals surface area contributed by atoms with E-state index in [4.69, 9.17) is 4.74 Å². The third-order valence-corrected chi connectivity index (χ3v) is 6.40. The highest BCUT2D eigenvalue weighted by Crippen LogP contribution is 2.40. The summed E-state index contributed by atoms with van der Waals surface area (Å²) in [6.45, 7) is 17.3. The lowest BCUT2D eigenvalue weighted by Gasteiger charge is -2.42. The molecule has 0 bridgehead atoms. The molecule has 2 aromatic rings. The predicted molar refractivity (Wildman–Crippen MR) is 127 cm³/mol. The topological polar surface area (TPSA) is 41.6 Å². The number of amides is 1. The van der Waals surface area contributed by atoms with Crippen LogP contribution in [0.4, 0.5) is 4.79 Å². The summed E-state index contributed by atoms with van der Waals surface area (Å²) >= 11 is 0. The van der Waals surface area contributed by atoms with Gasteiger partial charge in [-0.1, -0.05) is 56.3 Å². The van der Waals surface area contributed by atoms with Crippen LogP contribution in [0.1, 0.15) is 60.5 Å². The van der Waals surface area contributed by atoms with Gasteiger partial charge < -0.3 is 10.1 Å². The van der Waals surface area contributed by atoms with Gasteiger partial charge >= 0.3 is 6.09 Å². The van der Waals surface area contributed by atoms with Crippen molar-refractivity contribution in [1.82, 2.24) is 10.2 Å². The summed E-state index contributed by atoms with van der Waals surface area (Å²) in [5.41, 5.74) is 1.11. The maximum absolute atomic E-state index is 12.2. The number of benzene rings is 2. The third kappa shape index (κ3) is 5.54. The summed E-state index contributed by atoms with van der Waals surface area (Å²) in [6.07, 6.45) is 0.619. The molecule has 0 heterocycles. The van der Waals surface area contributed by atoms with Crippen molar-refractivity contribution in [3.05, 3.63) is 48.0 Å². The number of rotatable bonds is 10. The molecule has 0 radical (unpaired) electrons. The van der Waals surface area contributed by atoms with Gasteiger partial charge in [0.1, 0.15) is 0 Å². The summed E-state index contributed by atoms with van der Waals surface area (Å²) in [5.74, 6) is 0.339. The van der Waals surface area contributed by atoms with Crippen LogP contribution in [0.15, 0.2) is 42.5 Å². The Hall–Kier alpha value is -2.07. The fourth-order valence-corrected chi connectivity index (χ4v) is 4.63. The first-order valence-electron chi connectivity index (χ1n) is 11.4. The Balaban J connectivity index is 2.52. The Bertz CT molecular complexity index is 802. The van der Waals surface area contributed by atoms with Crippen LogP contribution >= 0.6 is 0 Å². The van der Waals surface area contributed by atoms with E-state index in [-0.39, 0.29) is 11.5 Å². The summed E-state index contributed by atoms with van der Waals surface area (Å²) in [7, 11) is 0. The number of alkyl carbamates (subject to hydrolysis) is 1. The largest absolute Gasteiger partial charge is 0.450 e. The van der Waals surface area contributed by atoms with Crippen molar-refractivity contribution in [2.24, 2.45) is 5.92 Å². The van der Waals surface area contributed by atoms with Crippen molar-refractivity contribution in [2.45, 2.75) is 72.4 Å². The minimum atomic E-state index is -0.340. The van der Waals surface area contributed by atoms with Gasteiger partial charge in [0.2, 0.25) is 0 Å². The highest BCUT2D eigenvalue weighted by Gasteiger charge is 2.38. The number of carbonyl (C=O) groups excluding carboxylic acids is 1. The summed E-state index contributed by atoms with van der Waals surface area (Å²) in [4.78, 5) is 14.8. The van der Waals surface area contributed by atoms with Gasteiger partial charge in [-0.3, -0.25) is 4.90 Å². The lowest BCUT2D eigenvalue weighted by molar-refractivity contribution is 0.130. The molecular formula is C26H40N2O2. The molecule has 0 saturated heterocycles. The van der Waals surface area contributed by atoms with Crippen molar-refractivity contribution >= 4 is 16.9 Å². The van der Waals surface area contributed by atoms with Gasteiger partial charge in [-0.2, -0.15) is 0 Å². The molecule has 166 valence electrons. The number of hydrogen-bond donors (Lipinski definition) is 1. The van der Waals surface area contributed by atoms with Crippen LogP contribution in [0.3, 0.4) is 0 Å². The number of nitrogens with one attached hydrogen (secondary N) is 1. The van der Waals surface area contributed by atoms with Gasteiger partial charge in [-0.05, 0) is 69.8 Å². The quantitative estimate of drug-likeness (QED) is 0.521. The Morgan fingerprint density at radius 1 is 1.00 bits per heavy atom. The van der Waals surface area contributed by atoms with E-state index in [2.05, 4.69) is 94.2 Å². The van der Waals surface area contributed by atoms with E-state index < -0.39 is 0 Å². The van der Waals surface area contributed by atoms with Crippen molar-refractivity contribution in [1.29, 1.82) is 0 Å². The van der Waals surface area contributed by atoms with E-state index in [1.807, 2.05) is 6.92 Å². The molecule has 0 saturated carbocycles. The van der Waals surface area contributed by atoms with Crippen LogP contribution in [-0.4, -0.2) is 42.8 Å². The molecule has 0 aromatic heterocycles. The van der Waals surface area contributed by atoms with Gasteiger partial charge in [-0.25, -0.2) is 4.79 Å². The molecule has 1 unspecified atom stereocenters. The molecule has 30 heavy (non-hydrogen) atoms. The SMILES string of the molecule is CCOC(=O)NCC(CCN(C(C)C)C(C)C)(c1cccc2ccccc12)C(C)C. The van der Waals surface area contributed by atoms with Crippen molar-refractivity contribution in [3.63, 3.8) is 0 Å². The van der Waals surface area contributed by atoms with Crippen LogP contribution in [-0.2, 0) is 10.2 Å². The van der Waals surface area contributed by atoms with Crippen LogP contribution in [0.25, 0.3) is 10.8 Å². The van der Waals surface area contributed by atoms with Crippen molar-refractivity contribution in [2.75, 3.05) is 19.7 Å². The van der Waals surface area contributed by atoms with E-state index in [1.165, 1.54) is 16.3 Å². The minimum Gasteiger partial charge on any atom is -0.450 e. The first-order chi connectivity index (χ1) is 14.2. The summed E-state index contributed by atoms with van der Waals surface area (Å²) in [6, 6.07) is 16.0. The van der Waals surface area contributed by atoms with Crippen LogP contribution < -0.4 is 5.32 Å². The number of ether oxygens (including phenoxy) is 1. The van der Waals surface area contributed by atoms with Gasteiger partial charge in [0.15, 0.2) is 0 Å². The first kappa shape index (κ1) is 24.2. The van der Waals surface area contributed by atoms with Gasteiger partial charge in [0.25, 0.3) is 0 Å². The normalized spacial score (nSPS) is 14.0. The zero-order valence-electron chi connectivity index (χ0n) is 19.9. The molecule has 4 heteroatoms. The molecule has 1 N–H and O–H groups in total. The lowest BCUT2D eigenvalue weighted by Crippen LogP contribution is -2.48. The maximum atomic E-state index is 12.2. The molecule has 4 nitrogen and oxygen atoms in total. The van der Waals surface area contributed by atoms with E-state index in [9.17, 15) is 4.79 Å². The third-order valence-electron chi connectivity index (χ3n) is 6.40. The number of carbonyl (C=O) groups is 1. The fourth-order valence-electron chi connectivity index (χ4n) is 4.63. The first-order valence-corrected chi connectivity index (χ1v) is 11.4. The predicted octanol–water partition coefficient (Wildman–Crippen LogP) is 5.99. The average molecular weight is 413 g/mol. The summed E-state index contributed by atoms with van der Waals surface area (Å²) < 4.78 is 5.18. The minimum absolute atomic E-state index is 0.199.